The highest BCUT2D eigenvalue weighted by Gasteiger charge is 2.38. The number of alkyl halides is 6. The molecule has 0 aliphatic heterocycles. The molecule has 4 N–H and O–H groups in total. The predicted molar refractivity (Wildman–Crippen MR) is 124 cm³/mol. The summed E-state index contributed by atoms with van der Waals surface area (Å²) in [6, 6.07) is -1.93. The molecule has 2 aromatic heterocycles. The van der Waals surface area contributed by atoms with Crippen LogP contribution in [0.3, 0.4) is 0 Å². The van der Waals surface area contributed by atoms with Gasteiger partial charge >= 0.3 is 12.4 Å². The molecule has 0 bridgehead atoms. The molecule has 0 amide bonds. The lowest BCUT2D eigenvalue weighted by atomic mass is 10.1. The average molecular weight is 578 g/mol. The fourth-order valence-electron chi connectivity index (χ4n) is 2.77. The highest BCUT2D eigenvalue weighted by Crippen LogP contribution is 2.39. The first-order valence-electron chi connectivity index (χ1n) is 10.9. The van der Waals surface area contributed by atoms with Crippen LogP contribution in [0.5, 0.6) is 5.75 Å². The zero-order valence-electron chi connectivity index (χ0n) is 20.2. The molecule has 38 heavy (non-hydrogen) atoms. The summed E-state index contributed by atoms with van der Waals surface area (Å²) in [6.45, 7) is 2.60. The Hall–Kier alpha value is -2.98. The smallest absolute Gasteiger partial charge is 0.408 e. The van der Waals surface area contributed by atoms with Crippen LogP contribution >= 0.6 is 11.6 Å². The van der Waals surface area contributed by atoms with Gasteiger partial charge in [-0.15, -0.1) is 0 Å². The van der Waals surface area contributed by atoms with Crippen molar-refractivity contribution in [2.45, 2.75) is 44.7 Å². The quantitative estimate of drug-likeness (QED) is 0.197. The van der Waals surface area contributed by atoms with E-state index in [0.717, 1.165) is 36.8 Å². The summed E-state index contributed by atoms with van der Waals surface area (Å²) in [5, 5.41) is 8.43. The van der Waals surface area contributed by atoms with Crippen molar-refractivity contribution in [2.24, 2.45) is 5.73 Å². The third kappa shape index (κ3) is 8.01. The average Bonchev–Trinajstić information content (AvgIpc) is 3.25. The van der Waals surface area contributed by atoms with Gasteiger partial charge in [-0.05, 0) is 33.9 Å². The summed E-state index contributed by atoms with van der Waals surface area (Å²) in [5.74, 6) is -2.79. The lowest BCUT2D eigenvalue weighted by Gasteiger charge is -2.21. The maximum Gasteiger partial charge on any atom is 0.408 e. The highest BCUT2D eigenvalue weighted by molar-refractivity contribution is 6.33. The van der Waals surface area contributed by atoms with Crippen molar-refractivity contribution < 1.29 is 39.9 Å². The molecule has 8 nitrogen and oxygen atoms in total. The molecule has 3 aromatic rings. The Morgan fingerprint density at radius 2 is 1.63 bits per heavy atom. The largest absolute Gasteiger partial charge is 0.493 e. The molecule has 0 saturated heterocycles. The second-order valence-corrected chi connectivity index (χ2v) is 8.26. The number of nitrogens with one attached hydrogen (secondary N) is 2. The number of benzene rings is 1. The second-order valence-electron chi connectivity index (χ2n) is 7.90. The van der Waals surface area contributed by atoms with E-state index in [1.807, 2.05) is 0 Å². The number of nitrogens with two attached hydrogens (primary N) is 1. The van der Waals surface area contributed by atoms with Crippen molar-refractivity contribution in [3.05, 3.63) is 35.2 Å². The molecule has 212 valence electrons. The molecule has 2 atom stereocenters. The normalized spacial score (nSPS) is 13.6. The fraction of sp³-hybridized carbons (Fsp3) is 0.476. The molecule has 0 aliphatic rings. The zero-order valence-corrected chi connectivity index (χ0v) is 20.9. The number of aromatic nitrogens is 4. The minimum absolute atomic E-state index is 0.0704. The summed E-state index contributed by atoms with van der Waals surface area (Å²) < 4.78 is 109. The molecule has 17 heteroatoms. The van der Waals surface area contributed by atoms with Crippen LogP contribution in [0, 0.1) is 11.6 Å². The van der Waals surface area contributed by atoms with E-state index in [0.29, 0.717) is 13.0 Å². The molecule has 0 fully saturated rings. The molecular formula is C21H24ClF8N7O. The number of anilines is 1. The molecular weight excluding hydrogens is 554 g/mol. The number of hydrogen-bond acceptors (Lipinski definition) is 7. The number of hydrogen-bond donors (Lipinski definition) is 3. The van der Waals surface area contributed by atoms with Gasteiger partial charge in [0.05, 0.1) is 23.8 Å². The Bertz CT molecular complexity index is 1190. The molecule has 2 heterocycles. The van der Waals surface area contributed by atoms with Crippen molar-refractivity contribution >= 4 is 23.2 Å². The summed E-state index contributed by atoms with van der Waals surface area (Å²) in [4.78, 5) is 7.65. The first-order chi connectivity index (χ1) is 17.6. The Labute approximate surface area is 216 Å². The van der Waals surface area contributed by atoms with Gasteiger partial charge in [-0.2, -0.15) is 45.9 Å². The van der Waals surface area contributed by atoms with E-state index in [1.54, 1.807) is 7.05 Å². The van der Waals surface area contributed by atoms with Gasteiger partial charge in [-0.1, -0.05) is 11.6 Å². The van der Waals surface area contributed by atoms with E-state index >= 15 is 0 Å². The maximum atomic E-state index is 14.9. The van der Waals surface area contributed by atoms with E-state index in [9.17, 15) is 35.1 Å². The minimum Gasteiger partial charge on any atom is -0.493 e. The summed E-state index contributed by atoms with van der Waals surface area (Å²) in [6.07, 6.45) is -7.24. The van der Waals surface area contributed by atoms with Crippen molar-refractivity contribution in [1.29, 1.82) is 0 Å². The summed E-state index contributed by atoms with van der Waals surface area (Å²) in [7, 11) is 1.75. The maximum absolute atomic E-state index is 14.9. The van der Waals surface area contributed by atoms with Crippen LogP contribution in [0.15, 0.2) is 18.5 Å². The Morgan fingerprint density at radius 3 is 2.13 bits per heavy atom. The van der Waals surface area contributed by atoms with E-state index in [-0.39, 0.29) is 18.1 Å². The third-order valence-electron chi connectivity index (χ3n) is 4.85. The van der Waals surface area contributed by atoms with E-state index < -0.39 is 58.2 Å². The summed E-state index contributed by atoms with van der Waals surface area (Å²) in [5.41, 5.74) is 3.35. The van der Waals surface area contributed by atoms with Gasteiger partial charge in [0.2, 0.25) is 0 Å². The van der Waals surface area contributed by atoms with Gasteiger partial charge in [-0.3, -0.25) is 0 Å². The molecule has 3 rings (SSSR count). The van der Waals surface area contributed by atoms with Crippen LogP contribution < -0.4 is 21.1 Å². The number of fused-ring (bicyclic) bond motifs is 1. The van der Waals surface area contributed by atoms with Crippen LogP contribution in [0.25, 0.3) is 16.9 Å². The van der Waals surface area contributed by atoms with Gasteiger partial charge in [0, 0.05) is 12.1 Å². The van der Waals surface area contributed by atoms with Crippen LogP contribution in [0.2, 0.25) is 5.15 Å². The lowest BCUT2D eigenvalue weighted by molar-refractivity contribution is -0.143. The van der Waals surface area contributed by atoms with Crippen LogP contribution in [0.1, 0.15) is 20.3 Å². The molecule has 1 aromatic carbocycles. The molecule has 0 spiro atoms. The van der Waals surface area contributed by atoms with Crippen LogP contribution in [0.4, 0.5) is 40.9 Å². The molecule has 0 radical (unpaired) electrons. The summed E-state index contributed by atoms with van der Waals surface area (Å²) >= 11 is 6.11. The van der Waals surface area contributed by atoms with Crippen molar-refractivity contribution in [3.63, 3.8) is 0 Å². The first-order valence-corrected chi connectivity index (χ1v) is 11.3. The first kappa shape index (κ1) is 31.2. The number of ether oxygens (including phenoxy) is 1. The lowest BCUT2D eigenvalue weighted by Crippen LogP contribution is -2.34. The Balaban J connectivity index is 0.000000638. The van der Waals surface area contributed by atoms with E-state index in [2.05, 4.69) is 31.4 Å². The predicted octanol–water partition coefficient (Wildman–Crippen LogP) is 4.97. The molecule has 0 aliphatic carbocycles. The standard InChI is InChI=1S/C18H18ClF5N6O.C3H6F3N/c1-9(18(22,23)24)28-16-14(15(19)29-17-26-8-27-30(16)17)13-11(20)6-10(7-12(13)21)31-5-3-4-25-2;1-2(7)3(4,5)6/h6-9,25,28H,3-5H2,1-2H3;2H,7H2,1H3/t9-;2-/m10/s1. The van der Waals surface area contributed by atoms with Gasteiger partial charge in [0.1, 0.15) is 40.7 Å². The third-order valence-corrected chi connectivity index (χ3v) is 5.12. The topological polar surface area (TPSA) is 102 Å². The Morgan fingerprint density at radius 1 is 1.05 bits per heavy atom. The van der Waals surface area contributed by atoms with E-state index in [1.165, 1.54) is 0 Å². The highest BCUT2D eigenvalue weighted by atomic mass is 35.5. The van der Waals surface area contributed by atoms with Gasteiger partial charge in [-0.25, -0.2) is 8.78 Å². The molecule has 0 unspecified atom stereocenters. The second kappa shape index (κ2) is 12.7. The number of nitrogens with zero attached hydrogens (tertiary/aromatic N) is 4. The van der Waals surface area contributed by atoms with Crippen molar-refractivity contribution in [1.82, 2.24) is 24.9 Å². The van der Waals surface area contributed by atoms with Crippen LogP contribution in [-0.2, 0) is 0 Å². The monoisotopic (exact) mass is 577 g/mol. The SMILES string of the molecule is CNCCCOc1cc(F)c(-c2c(Cl)nc3ncnn3c2N[C@H](C)C(F)(F)F)c(F)c1.C[C@H](N)C(F)(F)F. The van der Waals surface area contributed by atoms with Gasteiger partial charge < -0.3 is 21.1 Å². The van der Waals surface area contributed by atoms with Crippen molar-refractivity contribution in [3.8, 4) is 16.9 Å². The van der Waals surface area contributed by atoms with Crippen molar-refractivity contribution in [2.75, 3.05) is 25.5 Å². The van der Waals surface area contributed by atoms with Gasteiger partial charge in [0.25, 0.3) is 5.78 Å². The minimum atomic E-state index is -4.65. The fourth-order valence-corrected chi connectivity index (χ4v) is 3.03. The van der Waals surface area contributed by atoms with E-state index in [4.69, 9.17) is 16.3 Å². The number of rotatable bonds is 8. The van der Waals surface area contributed by atoms with Gasteiger partial charge in [0.15, 0.2) is 0 Å². The number of halogens is 9. The zero-order chi connectivity index (χ0) is 28.8. The molecule has 0 saturated carbocycles. The van der Waals surface area contributed by atoms with Crippen LogP contribution in [-0.4, -0.2) is 64.2 Å². The Kier molecular flexibility index (Phi) is 10.4.